The van der Waals surface area contributed by atoms with Gasteiger partial charge in [0.25, 0.3) is 0 Å². The Balaban J connectivity index is -0.000000405. The van der Waals surface area contributed by atoms with E-state index in [0.29, 0.717) is 13.0 Å². The van der Waals surface area contributed by atoms with Crippen LogP contribution in [0.15, 0.2) is 0 Å². The van der Waals surface area contributed by atoms with Crippen LogP contribution in [0.3, 0.4) is 0 Å². The minimum atomic E-state index is -0.933. The molecule has 0 heterocycles. The second-order valence-corrected chi connectivity index (χ2v) is 2.23. The van der Waals surface area contributed by atoms with Crippen molar-refractivity contribution >= 4 is 5.97 Å². The van der Waals surface area contributed by atoms with E-state index in [-0.39, 0.29) is 28.5 Å². The Morgan fingerprint density at radius 1 is 1.42 bits per heavy atom. The predicted molar refractivity (Wildman–Crippen MR) is 41.8 cm³/mol. The van der Waals surface area contributed by atoms with Gasteiger partial charge in [0.15, 0.2) is 0 Å². The molecule has 0 spiro atoms. The molecule has 0 saturated heterocycles. The second kappa shape index (κ2) is 11.1. The van der Waals surface area contributed by atoms with Crippen molar-refractivity contribution in [3.8, 4) is 0 Å². The smallest absolute Gasteiger partial charge is 0.320 e. The minimum absolute atomic E-state index is 0. The minimum Gasteiger partial charge on any atom is -0.480 e. The molecule has 1 atom stereocenters. The van der Waals surface area contributed by atoms with E-state index < -0.39 is 12.0 Å². The topological polar surface area (TPSA) is 89.3 Å². The molecule has 12 heavy (non-hydrogen) atoms. The fourth-order valence-electron chi connectivity index (χ4n) is 0.632. The zero-order valence-corrected chi connectivity index (χ0v) is 9.00. The van der Waals surface area contributed by atoms with Gasteiger partial charge in [-0.15, -0.1) is 0 Å². The van der Waals surface area contributed by atoms with E-state index >= 15 is 0 Å². The molecule has 0 rings (SSSR count). The Hall–Kier alpha value is 0.0783. The number of carbonyl (C=O) groups is 1. The number of nitrogens with two attached hydrogens (primary N) is 2. The summed E-state index contributed by atoms with van der Waals surface area (Å²) in [5.41, 5.74) is 10.4. The van der Waals surface area contributed by atoms with Crippen LogP contribution < -0.4 is 11.5 Å². The fourth-order valence-corrected chi connectivity index (χ4v) is 0.632. The van der Waals surface area contributed by atoms with Crippen molar-refractivity contribution in [1.29, 1.82) is 0 Å². The molecule has 0 saturated carbocycles. The zero-order chi connectivity index (χ0) is 7.98. The average molecular weight is 353 g/mol. The number of aliphatic carboxylic acids is 1. The van der Waals surface area contributed by atoms with Gasteiger partial charge in [-0.25, -0.2) is 0 Å². The van der Waals surface area contributed by atoms with Crippen LogP contribution in [0.1, 0.15) is 19.3 Å². The monoisotopic (exact) mass is 353 g/mol. The van der Waals surface area contributed by atoms with Crippen LogP contribution in [-0.2, 0) is 25.9 Å². The van der Waals surface area contributed by atoms with E-state index in [9.17, 15) is 4.79 Å². The molecule has 0 unspecified atom stereocenters. The Bertz CT molecular complexity index is 112. The van der Waals surface area contributed by atoms with Gasteiger partial charge in [-0.1, -0.05) is 6.42 Å². The molecule has 0 fully saturated rings. The van der Waals surface area contributed by atoms with E-state index in [4.69, 9.17) is 16.6 Å². The molecule has 0 aromatic rings. The Morgan fingerprint density at radius 3 is 2.25 bits per heavy atom. The maximum absolute atomic E-state index is 10.1. The molecule has 0 aliphatic rings. The van der Waals surface area contributed by atoms with E-state index in [0.717, 1.165) is 12.8 Å². The Kier molecular flexibility index (Phi) is 16.6. The third-order valence-electron chi connectivity index (χ3n) is 1.29. The third-order valence-corrected chi connectivity index (χ3v) is 1.29. The van der Waals surface area contributed by atoms with Gasteiger partial charge in [-0.2, -0.15) is 0 Å². The Labute approximate surface area is 88.0 Å². The van der Waals surface area contributed by atoms with Crippen molar-refractivity contribution in [1.82, 2.24) is 0 Å². The molecular formula is C7H14N2O2Pt. The van der Waals surface area contributed by atoms with Gasteiger partial charge in [-0.05, 0) is 19.4 Å². The normalized spacial score (nSPS) is 10.8. The first-order valence-corrected chi connectivity index (χ1v) is 3.37. The molecular weight excluding hydrogens is 339 g/mol. The molecule has 4 nitrogen and oxygen atoms in total. The van der Waals surface area contributed by atoms with Crippen LogP contribution >= 0.6 is 0 Å². The molecule has 4 radical (unpaired) electrons. The predicted octanol–water partition coefficient (Wildman–Crippen LogP) is -0.394. The summed E-state index contributed by atoms with van der Waals surface area (Å²) in [6.07, 6.45) is 2.16. The molecule has 5 N–H and O–H groups in total. The largest absolute Gasteiger partial charge is 0.480 e. The van der Waals surface area contributed by atoms with Crippen molar-refractivity contribution in [2.45, 2.75) is 25.3 Å². The van der Waals surface area contributed by atoms with Gasteiger partial charge in [-0.3, -0.25) is 4.79 Å². The maximum Gasteiger partial charge on any atom is 0.320 e. The van der Waals surface area contributed by atoms with Crippen LogP contribution in [0.25, 0.3) is 0 Å². The summed E-state index contributed by atoms with van der Waals surface area (Å²) < 4.78 is 0. The number of carboxylic acids is 1. The Morgan fingerprint density at radius 2 is 1.92 bits per heavy atom. The van der Waals surface area contributed by atoms with Gasteiger partial charge in [0.2, 0.25) is 0 Å². The number of hydrogen-bond acceptors (Lipinski definition) is 3. The van der Waals surface area contributed by atoms with Crippen molar-refractivity contribution < 1.29 is 31.0 Å². The summed E-state index contributed by atoms with van der Waals surface area (Å²) >= 11 is 0. The molecule has 0 bridgehead atoms. The first-order chi connectivity index (χ1) is 4.68. The summed E-state index contributed by atoms with van der Waals surface area (Å²) in [6, 6.07) is -0.716. The quantitative estimate of drug-likeness (QED) is 0.587. The SMILES string of the molecule is NCCCC[C@H](N)C(=O)O.[C].[Pt]. The van der Waals surface area contributed by atoms with Gasteiger partial charge in [0.05, 0.1) is 0 Å². The molecule has 0 aromatic carbocycles. The molecule has 0 amide bonds. The second-order valence-electron chi connectivity index (χ2n) is 2.23. The van der Waals surface area contributed by atoms with Gasteiger partial charge in [0, 0.05) is 28.5 Å². The van der Waals surface area contributed by atoms with Gasteiger partial charge in [0.1, 0.15) is 6.04 Å². The molecule has 5 heteroatoms. The fraction of sp³-hybridized carbons (Fsp3) is 0.714. The van der Waals surface area contributed by atoms with Crippen LogP contribution in [0.5, 0.6) is 0 Å². The van der Waals surface area contributed by atoms with Crippen molar-refractivity contribution in [2.24, 2.45) is 11.5 Å². The molecule has 0 aliphatic carbocycles. The van der Waals surface area contributed by atoms with Crippen molar-refractivity contribution in [2.75, 3.05) is 6.54 Å². The summed E-state index contributed by atoms with van der Waals surface area (Å²) in [4.78, 5) is 10.1. The van der Waals surface area contributed by atoms with E-state index in [1.165, 1.54) is 0 Å². The third kappa shape index (κ3) is 10.1. The van der Waals surface area contributed by atoms with E-state index in [1.54, 1.807) is 0 Å². The van der Waals surface area contributed by atoms with Crippen LogP contribution in [-0.4, -0.2) is 23.7 Å². The van der Waals surface area contributed by atoms with Crippen molar-refractivity contribution in [3.63, 3.8) is 0 Å². The van der Waals surface area contributed by atoms with Crippen molar-refractivity contribution in [3.05, 3.63) is 7.43 Å². The first kappa shape index (κ1) is 18.0. The number of rotatable bonds is 5. The maximum atomic E-state index is 10.1. The van der Waals surface area contributed by atoms with Gasteiger partial charge < -0.3 is 16.6 Å². The summed E-state index contributed by atoms with van der Waals surface area (Å²) in [7, 11) is 0. The summed E-state index contributed by atoms with van der Waals surface area (Å²) in [6.45, 7) is 0.604. The van der Waals surface area contributed by atoms with Crippen LogP contribution in [0.4, 0.5) is 0 Å². The average Bonchev–Trinajstić information content (AvgIpc) is 1.88. The van der Waals surface area contributed by atoms with E-state index in [2.05, 4.69) is 0 Å². The summed E-state index contributed by atoms with van der Waals surface area (Å²) in [5, 5.41) is 8.33. The molecule has 74 valence electrons. The first-order valence-electron chi connectivity index (χ1n) is 3.37. The van der Waals surface area contributed by atoms with E-state index in [1.807, 2.05) is 0 Å². The molecule has 0 aromatic heterocycles. The molecule has 0 aliphatic heterocycles. The number of carboxylic acid groups (broad SMARTS) is 1. The van der Waals surface area contributed by atoms with Gasteiger partial charge >= 0.3 is 5.97 Å². The standard InChI is InChI=1S/C6H14N2O2.C.Pt/c7-4-2-1-3-5(8)6(9)10;;/h5H,1-4,7-8H2,(H,9,10);;/t5-;;/m0../s1. The van der Waals surface area contributed by atoms with Crippen LogP contribution in [0.2, 0.25) is 0 Å². The zero-order valence-electron chi connectivity index (χ0n) is 6.73. The summed E-state index contributed by atoms with van der Waals surface area (Å²) in [5.74, 6) is -0.933. The number of hydrogen-bond donors (Lipinski definition) is 3. The van der Waals surface area contributed by atoms with Crippen LogP contribution in [0, 0.1) is 7.43 Å². The number of unbranched alkanes of at least 4 members (excludes halogenated alkanes) is 1.